The first-order valence-corrected chi connectivity index (χ1v) is 6.26. The molecule has 0 atom stereocenters. The zero-order valence-corrected chi connectivity index (χ0v) is 11.4. The molecule has 2 heterocycles. The Hall–Kier alpha value is -1.75. The normalized spacial score (nSPS) is 10.1. The Morgan fingerprint density at radius 2 is 2.17 bits per heavy atom. The van der Waals surface area contributed by atoms with Gasteiger partial charge in [0.2, 0.25) is 0 Å². The van der Waals surface area contributed by atoms with E-state index < -0.39 is 0 Å². The predicted molar refractivity (Wildman–Crippen MR) is 72.1 cm³/mol. The molecular formula is C13H12BrN3O. The van der Waals surface area contributed by atoms with E-state index >= 15 is 0 Å². The van der Waals surface area contributed by atoms with Crippen LogP contribution in [0.2, 0.25) is 0 Å². The number of carbonyl (C=O) groups is 1. The number of aryl methyl sites for hydroxylation is 1. The molecule has 0 saturated heterocycles. The van der Waals surface area contributed by atoms with E-state index in [2.05, 4.69) is 31.2 Å². The van der Waals surface area contributed by atoms with Gasteiger partial charge in [-0.25, -0.2) is 4.98 Å². The summed E-state index contributed by atoms with van der Waals surface area (Å²) in [5.41, 5.74) is 2.30. The number of nitrogens with zero attached hydrogens (tertiary/aromatic N) is 2. The monoisotopic (exact) mass is 305 g/mol. The Kier molecular flexibility index (Phi) is 4.04. The Labute approximate surface area is 114 Å². The molecule has 1 amide bonds. The molecule has 0 unspecified atom stereocenters. The van der Waals surface area contributed by atoms with Gasteiger partial charge in [-0.05, 0) is 46.6 Å². The van der Waals surface area contributed by atoms with Crippen molar-refractivity contribution in [2.75, 3.05) is 0 Å². The van der Waals surface area contributed by atoms with Gasteiger partial charge in [0.05, 0.1) is 0 Å². The highest BCUT2D eigenvalue weighted by Gasteiger charge is 2.10. The molecule has 0 spiro atoms. The van der Waals surface area contributed by atoms with E-state index in [0.29, 0.717) is 16.7 Å². The zero-order valence-electron chi connectivity index (χ0n) is 9.85. The second-order valence-electron chi connectivity index (χ2n) is 3.82. The SMILES string of the molecule is Cc1ccc(CNC(=O)c2ncccc2Br)cn1. The van der Waals surface area contributed by atoms with E-state index in [1.54, 1.807) is 24.5 Å². The van der Waals surface area contributed by atoms with Crippen LogP contribution in [0.3, 0.4) is 0 Å². The minimum atomic E-state index is -0.206. The molecule has 4 nitrogen and oxygen atoms in total. The van der Waals surface area contributed by atoms with E-state index in [0.717, 1.165) is 11.3 Å². The molecule has 0 saturated carbocycles. The molecule has 0 bridgehead atoms. The average molecular weight is 306 g/mol. The maximum atomic E-state index is 11.9. The van der Waals surface area contributed by atoms with Crippen LogP contribution in [0, 0.1) is 6.92 Å². The lowest BCUT2D eigenvalue weighted by Crippen LogP contribution is -2.24. The van der Waals surface area contributed by atoms with Gasteiger partial charge in [-0.1, -0.05) is 6.07 Å². The molecule has 1 N–H and O–H groups in total. The van der Waals surface area contributed by atoms with Gasteiger partial charge in [-0.15, -0.1) is 0 Å². The van der Waals surface area contributed by atoms with Crippen molar-refractivity contribution in [3.05, 3.63) is 58.1 Å². The molecule has 2 aromatic rings. The summed E-state index contributed by atoms with van der Waals surface area (Å²) in [6.07, 6.45) is 3.34. The first-order chi connectivity index (χ1) is 8.66. The minimum Gasteiger partial charge on any atom is -0.347 e. The molecule has 2 rings (SSSR count). The summed E-state index contributed by atoms with van der Waals surface area (Å²) in [6, 6.07) is 7.41. The number of hydrogen-bond donors (Lipinski definition) is 1. The molecule has 92 valence electrons. The Morgan fingerprint density at radius 3 is 2.83 bits per heavy atom. The van der Waals surface area contributed by atoms with E-state index in [9.17, 15) is 4.79 Å². The number of amides is 1. The summed E-state index contributed by atoms with van der Waals surface area (Å²) in [7, 11) is 0. The molecule has 0 fully saturated rings. The van der Waals surface area contributed by atoms with Crippen LogP contribution in [0.1, 0.15) is 21.7 Å². The number of nitrogens with one attached hydrogen (secondary N) is 1. The van der Waals surface area contributed by atoms with Crippen molar-refractivity contribution in [1.82, 2.24) is 15.3 Å². The van der Waals surface area contributed by atoms with Crippen LogP contribution in [-0.4, -0.2) is 15.9 Å². The van der Waals surface area contributed by atoms with Crippen LogP contribution < -0.4 is 5.32 Å². The number of hydrogen-bond acceptors (Lipinski definition) is 3. The molecule has 0 aliphatic heterocycles. The van der Waals surface area contributed by atoms with E-state index in [4.69, 9.17) is 0 Å². The lowest BCUT2D eigenvalue weighted by Gasteiger charge is -2.06. The fourth-order valence-corrected chi connectivity index (χ4v) is 1.86. The average Bonchev–Trinajstić information content (AvgIpc) is 2.38. The van der Waals surface area contributed by atoms with Gasteiger partial charge in [-0.3, -0.25) is 9.78 Å². The molecule has 5 heteroatoms. The third-order valence-electron chi connectivity index (χ3n) is 2.40. The first kappa shape index (κ1) is 12.7. The van der Waals surface area contributed by atoms with Crippen molar-refractivity contribution in [2.45, 2.75) is 13.5 Å². The summed E-state index contributed by atoms with van der Waals surface area (Å²) in [5, 5.41) is 2.80. The van der Waals surface area contributed by atoms with Crippen molar-refractivity contribution in [1.29, 1.82) is 0 Å². The van der Waals surface area contributed by atoms with E-state index in [1.807, 2.05) is 19.1 Å². The van der Waals surface area contributed by atoms with Gasteiger partial charge < -0.3 is 5.32 Å². The van der Waals surface area contributed by atoms with Crippen molar-refractivity contribution < 1.29 is 4.79 Å². The summed E-state index contributed by atoms with van der Waals surface area (Å²) in [5.74, 6) is -0.206. The van der Waals surface area contributed by atoms with E-state index in [-0.39, 0.29) is 5.91 Å². The van der Waals surface area contributed by atoms with Crippen LogP contribution in [0.15, 0.2) is 41.1 Å². The topological polar surface area (TPSA) is 54.9 Å². The first-order valence-electron chi connectivity index (χ1n) is 5.47. The smallest absolute Gasteiger partial charge is 0.271 e. The second kappa shape index (κ2) is 5.73. The maximum Gasteiger partial charge on any atom is 0.271 e. The van der Waals surface area contributed by atoms with Crippen LogP contribution >= 0.6 is 15.9 Å². The third kappa shape index (κ3) is 3.13. The Balaban J connectivity index is 2.01. The molecular weight excluding hydrogens is 294 g/mol. The quantitative estimate of drug-likeness (QED) is 0.948. The highest BCUT2D eigenvalue weighted by molar-refractivity contribution is 9.10. The summed E-state index contributed by atoms with van der Waals surface area (Å²) in [6.45, 7) is 2.36. The molecule has 2 aromatic heterocycles. The van der Waals surface area contributed by atoms with Gasteiger partial charge in [0.15, 0.2) is 0 Å². The highest BCUT2D eigenvalue weighted by Crippen LogP contribution is 2.13. The molecule has 0 aliphatic rings. The largest absolute Gasteiger partial charge is 0.347 e. The fraction of sp³-hybridized carbons (Fsp3) is 0.154. The Bertz CT molecular complexity index is 554. The van der Waals surface area contributed by atoms with Gasteiger partial charge in [0.1, 0.15) is 5.69 Å². The number of pyridine rings is 2. The Morgan fingerprint density at radius 1 is 1.33 bits per heavy atom. The van der Waals surface area contributed by atoms with Crippen molar-refractivity contribution in [2.24, 2.45) is 0 Å². The van der Waals surface area contributed by atoms with Crippen LogP contribution in [0.25, 0.3) is 0 Å². The second-order valence-corrected chi connectivity index (χ2v) is 4.68. The predicted octanol–water partition coefficient (Wildman–Crippen LogP) is 2.48. The van der Waals surface area contributed by atoms with Crippen molar-refractivity contribution >= 4 is 21.8 Å². The standard InChI is InChI=1S/C13H12BrN3O/c1-9-4-5-10(7-16-9)8-17-13(18)12-11(14)3-2-6-15-12/h2-7H,8H2,1H3,(H,17,18). The van der Waals surface area contributed by atoms with E-state index in [1.165, 1.54) is 0 Å². The maximum absolute atomic E-state index is 11.9. The lowest BCUT2D eigenvalue weighted by atomic mass is 10.2. The fourth-order valence-electron chi connectivity index (χ4n) is 1.42. The minimum absolute atomic E-state index is 0.206. The number of rotatable bonds is 3. The number of halogens is 1. The summed E-state index contributed by atoms with van der Waals surface area (Å²) >= 11 is 3.30. The molecule has 0 aromatic carbocycles. The van der Waals surface area contributed by atoms with Gasteiger partial charge in [0.25, 0.3) is 5.91 Å². The van der Waals surface area contributed by atoms with Crippen LogP contribution in [0.5, 0.6) is 0 Å². The molecule has 0 radical (unpaired) electrons. The van der Waals surface area contributed by atoms with Crippen molar-refractivity contribution in [3.8, 4) is 0 Å². The van der Waals surface area contributed by atoms with Crippen LogP contribution in [-0.2, 0) is 6.54 Å². The summed E-state index contributed by atoms with van der Waals surface area (Å²) in [4.78, 5) is 20.1. The summed E-state index contributed by atoms with van der Waals surface area (Å²) < 4.78 is 0.685. The zero-order chi connectivity index (χ0) is 13.0. The van der Waals surface area contributed by atoms with Gasteiger partial charge >= 0.3 is 0 Å². The van der Waals surface area contributed by atoms with Gasteiger partial charge in [0, 0.05) is 29.1 Å². The molecule has 18 heavy (non-hydrogen) atoms. The van der Waals surface area contributed by atoms with Gasteiger partial charge in [-0.2, -0.15) is 0 Å². The van der Waals surface area contributed by atoms with Crippen molar-refractivity contribution in [3.63, 3.8) is 0 Å². The number of carbonyl (C=O) groups excluding carboxylic acids is 1. The third-order valence-corrected chi connectivity index (χ3v) is 3.04. The highest BCUT2D eigenvalue weighted by atomic mass is 79.9. The van der Waals surface area contributed by atoms with Crippen LogP contribution in [0.4, 0.5) is 0 Å². The number of aromatic nitrogens is 2. The molecule has 0 aliphatic carbocycles. The lowest BCUT2D eigenvalue weighted by molar-refractivity contribution is 0.0945.